The molecule has 5 rings (SSSR count). The number of carboxylic acids is 1. The van der Waals surface area contributed by atoms with Crippen molar-refractivity contribution in [3.63, 3.8) is 0 Å². The number of benzene rings is 2. The summed E-state index contributed by atoms with van der Waals surface area (Å²) >= 11 is 5.80. The van der Waals surface area contributed by atoms with Crippen LogP contribution in [0.3, 0.4) is 0 Å². The number of aromatic nitrogens is 2. The summed E-state index contributed by atoms with van der Waals surface area (Å²) in [5, 5.41) is 16.3. The highest BCUT2D eigenvalue weighted by Gasteiger charge is 2.41. The van der Waals surface area contributed by atoms with Gasteiger partial charge in [-0.15, -0.1) is 0 Å². The molecule has 4 aromatic rings. The Kier molecular flexibility index (Phi) is 7.66. The lowest BCUT2D eigenvalue weighted by atomic mass is 9.96. The molecule has 1 amide bonds. The molecule has 8 nitrogen and oxygen atoms in total. The van der Waals surface area contributed by atoms with E-state index in [9.17, 15) is 14.7 Å². The lowest BCUT2D eigenvalue weighted by Crippen LogP contribution is -2.32. The Balaban J connectivity index is 1.47. The van der Waals surface area contributed by atoms with Gasteiger partial charge in [-0.05, 0) is 98.7 Å². The molecule has 1 saturated heterocycles. The van der Waals surface area contributed by atoms with Crippen molar-refractivity contribution in [3.05, 3.63) is 113 Å². The molecule has 1 aliphatic heterocycles. The van der Waals surface area contributed by atoms with Crippen molar-refractivity contribution in [1.82, 2.24) is 19.8 Å². The third-order valence-corrected chi connectivity index (χ3v) is 7.59. The lowest BCUT2D eigenvalue weighted by Gasteiger charge is -2.28. The van der Waals surface area contributed by atoms with Gasteiger partial charge in [-0.25, -0.2) is 4.79 Å². The maximum absolute atomic E-state index is 12.9. The number of nitrogens with zero attached hydrogens (tertiary/aromatic N) is 3. The molecule has 9 heteroatoms. The second-order valence-corrected chi connectivity index (χ2v) is 10.4. The molecule has 1 aliphatic rings. The summed E-state index contributed by atoms with van der Waals surface area (Å²) in [6.07, 6.45) is 2.03. The van der Waals surface area contributed by atoms with Gasteiger partial charge < -0.3 is 25.2 Å². The number of pyridine rings is 1. The Morgan fingerprint density at radius 2 is 1.80 bits per heavy atom. The SMILES string of the molecule is Cc1cccc(NC(=O)CCN2C(=S)N[C@@H](c3ccccn3)[C@H]2c2cc(C)n(-c3ccc(C(=O)O)cc3)c2C)c1. The first-order chi connectivity index (χ1) is 19.2. The zero-order valence-electron chi connectivity index (χ0n) is 22.6. The number of aryl methyl sites for hydroxylation is 2. The van der Waals surface area contributed by atoms with E-state index in [-0.39, 0.29) is 30.0 Å². The molecule has 0 spiro atoms. The highest BCUT2D eigenvalue weighted by molar-refractivity contribution is 7.80. The molecule has 0 unspecified atom stereocenters. The molecule has 40 heavy (non-hydrogen) atoms. The summed E-state index contributed by atoms with van der Waals surface area (Å²) < 4.78 is 2.11. The molecule has 0 radical (unpaired) electrons. The predicted molar refractivity (Wildman–Crippen MR) is 159 cm³/mol. The van der Waals surface area contributed by atoms with Crippen molar-refractivity contribution in [1.29, 1.82) is 0 Å². The van der Waals surface area contributed by atoms with Gasteiger partial charge in [0.2, 0.25) is 5.91 Å². The molecule has 1 fully saturated rings. The Morgan fingerprint density at radius 3 is 2.48 bits per heavy atom. The van der Waals surface area contributed by atoms with Crippen LogP contribution in [0.15, 0.2) is 79.0 Å². The molecular weight excluding hydrogens is 522 g/mol. The lowest BCUT2D eigenvalue weighted by molar-refractivity contribution is -0.116. The Bertz CT molecular complexity index is 1570. The number of hydrogen-bond acceptors (Lipinski definition) is 4. The fraction of sp³-hybridized carbons (Fsp3) is 0.226. The number of carboxylic acid groups (broad SMARTS) is 1. The first-order valence-corrected chi connectivity index (χ1v) is 13.5. The van der Waals surface area contributed by atoms with Crippen LogP contribution < -0.4 is 10.6 Å². The van der Waals surface area contributed by atoms with E-state index in [4.69, 9.17) is 12.2 Å². The van der Waals surface area contributed by atoms with E-state index in [2.05, 4.69) is 31.2 Å². The van der Waals surface area contributed by atoms with Crippen molar-refractivity contribution in [2.24, 2.45) is 0 Å². The molecule has 0 saturated carbocycles. The van der Waals surface area contributed by atoms with Crippen LogP contribution in [-0.4, -0.2) is 43.1 Å². The van der Waals surface area contributed by atoms with Gasteiger partial charge in [0, 0.05) is 41.9 Å². The summed E-state index contributed by atoms with van der Waals surface area (Å²) in [7, 11) is 0. The summed E-state index contributed by atoms with van der Waals surface area (Å²) in [5.41, 5.74) is 6.89. The molecular formula is C31H31N5O3S. The fourth-order valence-corrected chi connectivity index (χ4v) is 5.72. The van der Waals surface area contributed by atoms with Crippen molar-refractivity contribution < 1.29 is 14.7 Å². The monoisotopic (exact) mass is 553 g/mol. The van der Waals surface area contributed by atoms with Gasteiger partial charge in [-0.3, -0.25) is 9.78 Å². The molecule has 2 aromatic carbocycles. The van der Waals surface area contributed by atoms with Gasteiger partial charge in [0.25, 0.3) is 0 Å². The number of thiocarbonyl (C=S) groups is 1. The number of carbonyl (C=O) groups is 2. The number of anilines is 1. The number of aromatic carboxylic acids is 1. The van der Waals surface area contributed by atoms with Gasteiger partial charge in [-0.1, -0.05) is 18.2 Å². The van der Waals surface area contributed by atoms with Crippen LogP contribution >= 0.6 is 12.2 Å². The van der Waals surface area contributed by atoms with Gasteiger partial charge in [0.15, 0.2) is 5.11 Å². The van der Waals surface area contributed by atoms with Gasteiger partial charge >= 0.3 is 5.97 Å². The van der Waals surface area contributed by atoms with Crippen LogP contribution in [0, 0.1) is 20.8 Å². The normalized spacial score (nSPS) is 16.6. The van der Waals surface area contributed by atoms with Gasteiger partial charge in [0.1, 0.15) is 0 Å². The third kappa shape index (κ3) is 5.46. The van der Waals surface area contributed by atoms with Gasteiger partial charge in [0.05, 0.1) is 23.3 Å². The van der Waals surface area contributed by atoms with E-state index in [1.165, 1.54) is 0 Å². The maximum atomic E-state index is 12.9. The first kappa shape index (κ1) is 27.1. The molecule has 204 valence electrons. The first-order valence-electron chi connectivity index (χ1n) is 13.1. The van der Waals surface area contributed by atoms with E-state index in [1.54, 1.807) is 18.3 Å². The van der Waals surface area contributed by atoms with Crippen LogP contribution in [0.1, 0.15) is 57.1 Å². The van der Waals surface area contributed by atoms with E-state index in [1.807, 2.05) is 75.4 Å². The number of amides is 1. The average Bonchev–Trinajstić information content (AvgIpc) is 3.42. The fourth-order valence-electron chi connectivity index (χ4n) is 5.39. The second kappa shape index (κ2) is 11.3. The smallest absolute Gasteiger partial charge is 0.335 e. The zero-order valence-corrected chi connectivity index (χ0v) is 23.4. The standard InChI is InChI=1S/C31H31N5O3S/c1-19-7-6-8-23(17-19)33-27(37)14-16-35-29(28(34-31(35)40)26-9-4-5-15-32-26)25-18-20(2)36(21(25)3)24-12-10-22(11-13-24)30(38)39/h4-13,15,17-18,28-29H,14,16H2,1-3H3,(H,33,37)(H,34,40)(H,38,39)/t28-,29+/m0/s1. The van der Waals surface area contributed by atoms with E-state index < -0.39 is 5.97 Å². The summed E-state index contributed by atoms with van der Waals surface area (Å²) in [5.74, 6) is -1.04. The van der Waals surface area contributed by atoms with Crippen LogP contribution in [0.5, 0.6) is 0 Å². The van der Waals surface area contributed by atoms with Crippen molar-refractivity contribution in [3.8, 4) is 5.69 Å². The minimum Gasteiger partial charge on any atom is -0.478 e. The minimum atomic E-state index is -0.959. The average molecular weight is 554 g/mol. The van der Waals surface area contributed by atoms with Gasteiger partial charge in [-0.2, -0.15) is 0 Å². The summed E-state index contributed by atoms with van der Waals surface area (Å²) in [6, 6.07) is 22.1. The zero-order chi connectivity index (χ0) is 28.4. The van der Waals surface area contributed by atoms with Crippen molar-refractivity contribution in [2.75, 3.05) is 11.9 Å². The Labute approximate surface area is 238 Å². The Morgan fingerprint density at radius 1 is 1.02 bits per heavy atom. The van der Waals surface area contributed by atoms with E-state index >= 15 is 0 Å². The number of carbonyl (C=O) groups excluding carboxylic acids is 1. The maximum Gasteiger partial charge on any atom is 0.335 e. The topological polar surface area (TPSA) is 99.5 Å². The van der Waals surface area contributed by atoms with E-state index in [0.717, 1.165) is 39.6 Å². The van der Waals surface area contributed by atoms with Crippen LogP contribution in [-0.2, 0) is 4.79 Å². The second-order valence-electron chi connectivity index (χ2n) is 10.0. The third-order valence-electron chi connectivity index (χ3n) is 7.24. The molecule has 3 N–H and O–H groups in total. The van der Waals surface area contributed by atoms with Crippen LogP contribution in [0.4, 0.5) is 5.69 Å². The predicted octanol–water partition coefficient (Wildman–Crippen LogP) is 5.50. The van der Waals surface area contributed by atoms with Crippen molar-refractivity contribution >= 4 is 34.9 Å². The van der Waals surface area contributed by atoms with Crippen LogP contribution in [0.25, 0.3) is 5.69 Å². The highest BCUT2D eigenvalue weighted by Crippen LogP contribution is 2.41. The molecule has 3 heterocycles. The highest BCUT2D eigenvalue weighted by atomic mass is 32.1. The quantitative estimate of drug-likeness (QED) is 0.248. The van der Waals surface area contributed by atoms with E-state index in [0.29, 0.717) is 11.7 Å². The minimum absolute atomic E-state index is 0.0857. The Hall–Kier alpha value is -4.50. The summed E-state index contributed by atoms with van der Waals surface area (Å²) in [4.78, 5) is 31.0. The number of rotatable bonds is 8. The summed E-state index contributed by atoms with van der Waals surface area (Å²) in [6.45, 7) is 6.49. The largest absolute Gasteiger partial charge is 0.478 e. The molecule has 2 atom stereocenters. The number of hydrogen-bond donors (Lipinski definition) is 3. The molecule has 0 bridgehead atoms. The number of nitrogens with one attached hydrogen (secondary N) is 2. The molecule has 0 aliphatic carbocycles. The molecule has 2 aromatic heterocycles. The van der Waals surface area contributed by atoms with Crippen LogP contribution in [0.2, 0.25) is 0 Å². The van der Waals surface area contributed by atoms with Crippen molar-refractivity contribution in [2.45, 2.75) is 39.3 Å².